The van der Waals surface area contributed by atoms with E-state index >= 15 is 0 Å². The lowest BCUT2D eigenvalue weighted by Crippen LogP contribution is -2.43. The van der Waals surface area contributed by atoms with Crippen LogP contribution >= 0.6 is 0 Å². The summed E-state index contributed by atoms with van der Waals surface area (Å²) in [6.07, 6.45) is 1.25. The van der Waals surface area contributed by atoms with Gasteiger partial charge in [0.25, 0.3) is 0 Å². The van der Waals surface area contributed by atoms with Gasteiger partial charge in [0.1, 0.15) is 6.04 Å². The van der Waals surface area contributed by atoms with E-state index in [9.17, 15) is 13.6 Å². The van der Waals surface area contributed by atoms with E-state index in [1.165, 1.54) is 6.33 Å². The van der Waals surface area contributed by atoms with Crippen LogP contribution < -0.4 is 5.32 Å². The van der Waals surface area contributed by atoms with Gasteiger partial charge in [0.05, 0.1) is 43.3 Å². The number of halogens is 2. The van der Waals surface area contributed by atoms with Gasteiger partial charge in [-0.05, 0) is 5.92 Å². The molecule has 25 heavy (non-hydrogen) atoms. The van der Waals surface area contributed by atoms with Crippen LogP contribution in [0, 0.1) is 17.6 Å². The van der Waals surface area contributed by atoms with E-state index in [1.54, 1.807) is 4.57 Å². The van der Waals surface area contributed by atoms with Crippen molar-refractivity contribution in [1.29, 1.82) is 0 Å². The molecule has 1 saturated heterocycles. The molecule has 1 aromatic carbocycles. The normalized spacial score (nSPS) is 19.3. The van der Waals surface area contributed by atoms with Crippen LogP contribution in [0.4, 0.5) is 8.78 Å². The van der Waals surface area contributed by atoms with Crippen LogP contribution in [0.25, 0.3) is 11.0 Å². The van der Waals surface area contributed by atoms with Gasteiger partial charge in [-0.1, -0.05) is 13.8 Å². The van der Waals surface area contributed by atoms with Gasteiger partial charge in [0, 0.05) is 18.7 Å². The van der Waals surface area contributed by atoms with Gasteiger partial charge in [0.15, 0.2) is 11.6 Å². The predicted octanol–water partition coefficient (Wildman–Crippen LogP) is 2.04. The molecule has 3 rings (SSSR count). The van der Waals surface area contributed by atoms with Crippen LogP contribution in [-0.2, 0) is 14.3 Å². The third kappa shape index (κ3) is 3.80. The molecule has 1 fully saturated rings. The zero-order chi connectivity index (χ0) is 18.0. The average Bonchev–Trinajstić information content (AvgIpc) is 2.97. The summed E-state index contributed by atoms with van der Waals surface area (Å²) in [5, 5.41) is 2.85. The van der Waals surface area contributed by atoms with Crippen molar-refractivity contribution >= 4 is 16.9 Å². The van der Waals surface area contributed by atoms with E-state index < -0.39 is 17.7 Å². The van der Waals surface area contributed by atoms with Crippen LogP contribution in [0.2, 0.25) is 0 Å². The molecule has 2 heterocycles. The molecule has 1 aliphatic heterocycles. The molecule has 1 aliphatic rings. The number of hydrogen-bond acceptors (Lipinski definition) is 4. The Morgan fingerprint density at radius 3 is 2.80 bits per heavy atom. The van der Waals surface area contributed by atoms with E-state index in [0.717, 1.165) is 12.1 Å². The van der Waals surface area contributed by atoms with E-state index in [4.69, 9.17) is 9.47 Å². The van der Waals surface area contributed by atoms with Crippen molar-refractivity contribution in [2.45, 2.75) is 26.0 Å². The number of fused-ring (bicyclic) bond motifs is 1. The molecule has 0 bridgehead atoms. The fourth-order valence-corrected chi connectivity index (χ4v) is 2.97. The van der Waals surface area contributed by atoms with Crippen molar-refractivity contribution < 1.29 is 23.0 Å². The molecule has 0 radical (unpaired) electrons. The Morgan fingerprint density at radius 1 is 1.36 bits per heavy atom. The standard InChI is InChI=1S/C17H21F2N3O3/c1-10(2)16(17(23)20-7-11-8-24-3-4-25-11)22-9-21-14-5-12(18)13(19)6-15(14)22/h5-6,9-11,16H,3-4,7-8H2,1-2H3,(H,20,23). The van der Waals surface area contributed by atoms with Gasteiger partial charge in [-0.15, -0.1) is 0 Å². The monoisotopic (exact) mass is 353 g/mol. The molecule has 2 unspecified atom stereocenters. The first-order chi connectivity index (χ1) is 12.0. The van der Waals surface area contributed by atoms with Crippen LogP contribution in [0.3, 0.4) is 0 Å². The zero-order valence-electron chi connectivity index (χ0n) is 14.2. The van der Waals surface area contributed by atoms with E-state index in [-0.39, 0.29) is 17.9 Å². The fraction of sp³-hybridized carbons (Fsp3) is 0.529. The zero-order valence-corrected chi connectivity index (χ0v) is 14.2. The molecule has 8 heteroatoms. The minimum Gasteiger partial charge on any atom is -0.376 e. The fourth-order valence-electron chi connectivity index (χ4n) is 2.97. The number of carbonyl (C=O) groups is 1. The smallest absolute Gasteiger partial charge is 0.243 e. The Morgan fingerprint density at radius 2 is 2.12 bits per heavy atom. The van der Waals surface area contributed by atoms with Crippen molar-refractivity contribution in [1.82, 2.24) is 14.9 Å². The number of imidazole rings is 1. The van der Waals surface area contributed by atoms with Crippen LogP contribution in [0.15, 0.2) is 18.5 Å². The Bertz CT molecular complexity index is 757. The quantitative estimate of drug-likeness (QED) is 0.893. The van der Waals surface area contributed by atoms with E-state index in [0.29, 0.717) is 37.4 Å². The number of carbonyl (C=O) groups excluding carboxylic acids is 1. The maximum absolute atomic E-state index is 13.6. The summed E-state index contributed by atoms with van der Waals surface area (Å²) < 4.78 is 39.4. The molecular formula is C17H21F2N3O3. The molecule has 1 aromatic heterocycles. The number of amides is 1. The SMILES string of the molecule is CC(C)C(C(=O)NCC1COCCO1)n1cnc2cc(F)c(F)cc21. The molecule has 1 amide bonds. The number of ether oxygens (including phenoxy) is 2. The van der Waals surface area contributed by atoms with Crippen molar-refractivity contribution in [2.24, 2.45) is 5.92 Å². The van der Waals surface area contributed by atoms with Gasteiger partial charge in [-0.25, -0.2) is 13.8 Å². The lowest BCUT2D eigenvalue weighted by atomic mass is 10.0. The summed E-state index contributed by atoms with van der Waals surface area (Å²) in [6, 6.07) is 1.50. The largest absolute Gasteiger partial charge is 0.376 e. The molecular weight excluding hydrogens is 332 g/mol. The van der Waals surface area contributed by atoms with Gasteiger partial charge >= 0.3 is 0 Å². The van der Waals surface area contributed by atoms with Crippen molar-refractivity contribution in [3.63, 3.8) is 0 Å². The van der Waals surface area contributed by atoms with Crippen molar-refractivity contribution in [2.75, 3.05) is 26.4 Å². The summed E-state index contributed by atoms with van der Waals surface area (Å²) >= 11 is 0. The summed E-state index contributed by atoms with van der Waals surface area (Å²) in [6.45, 7) is 5.60. The van der Waals surface area contributed by atoms with Crippen LogP contribution in [0.5, 0.6) is 0 Å². The second-order valence-corrected chi connectivity index (χ2v) is 6.41. The highest BCUT2D eigenvalue weighted by atomic mass is 19.2. The maximum Gasteiger partial charge on any atom is 0.243 e. The topological polar surface area (TPSA) is 65.4 Å². The maximum atomic E-state index is 13.6. The Labute approximate surface area is 144 Å². The van der Waals surface area contributed by atoms with Crippen LogP contribution in [0.1, 0.15) is 19.9 Å². The minimum atomic E-state index is -0.968. The highest BCUT2D eigenvalue weighted by Gasteiger charge is 2.27. The molecule has 0 aliphatic carbocycles. The number of rotatable bonds is 5. The average molecular weight is 353 g/mol. The number of aromatic nitrogens is 2. The Kier molecular flexibility index (Phi) is 5.29. The summed E-state index contributed by atoms with van der Waals surface area (Å²) in [5.41, 5.74) is 0.686. The van der Waals surface area contributed by atoms with E-state index in [2.05, 4.69) is 10.3 Å². The number of benzene rings is 1. The lowest BCUT2D eigenvalue weighted by Gasteiger charge is -2.26. The molecule has 2 aromatic rings. The first-order valence-electron chi connectivity index (χ1n) is 8.26. The number of hydrogen-bond donors (Lipinski definition) is 1. The summed E-state index contributed by atoms with van der Waals surface area (Å²) in [7, 11) is 0. The second kappa shape index (κ2) is 7.45. The second-order valence-electron chi connectivity index (χ2n) is 6.41. The first-order valence-corrected chi connectivity index (χ1v) is 8.26. The molecule has 6 nitrogen and oxygen atoms in total. The summed E-state index contributed by atoms with van der Waals surface area (Å²) in [5.74, 6) is -2.23. The minimum absolute atomic E-state index is 0.0750. The highest BCUT2D eigenvalue weighted by Crippen LogP contribution is 2.25. The van der Waals surface area contributed by atoms with Gasteiger partial charge in [0.2, 0.25) is 5.91 Å². The molecule has 136 valence electrons. The van der Waals surface area contributed by atoms with Gasteiger partial charge in [-0.2, -0.15) is 0 Å². The lowest BCUT2D eigenvalue weighted by molar-refractivity contribution is -0.128. The summed E-state index contributed by atoms with van der Waals surface area (Å²) in [4.78, 5) is 16.8. The molecule has 0 spiro atoms. The van der Waals surface area contributed by atoms with Crippen molar-refractivity contribution in [3.8, 4) is 0 Å². The third-order valence-corrected chi connectivity index (χ3v) is 4.21. The van der Waals surface area contributed by atoms with Gasteiger partial charge < -0.3 is 19.4 Å². The molecule has 0 saturated carbocycles. The highest BCUT2D eigenvalue weighted by molar-refractivity contribution is 5.84. The van der Waals surface area contributed by atoms with Crippen molar-refractivity contribution in [3.05, 3.63) is 30.1 Å². The predicted molar refractivity (Wildman–Crippen MR) is 87.1 cm³/mol. The third-order valence-electron chi connectivity index (χ3n) is 4.21. The molecule has 1 N–H and O–H groups in total. The molecule has 2 atom stereocenters. The van der Waals surface area contributed by atoms with Gasteiger partial charge in [-0.3, -0.25) is 4.79 Å². The Hall–Kier alpha value is -2.06. The Balaban J connectivity index is 1.80. The van der Waals surface area contributed by atoms with E-state index in [1.807, 2.05) is 13.8 Å². The first kappa shape index (κ1) is 17.8. The number of nitrogens with one attached hydrogen (secondary N) is 1. The van der Waals surface area contributed by atoms with Crippen LogP contribution in [-0.4, -0.2) is 47.9 Å². The number of nitrogens with zero attached hydrogens (tertiary/aromatic N) is 2.